The van der Waals surface area contributed by atoms with Crippen molar-refractivity contribution >= 4 is 27.5 Å². The van der Waals surface area contributed by atoms with Crippen LogP contribution in [0.4, 0.5) is 5.69 Å². The summed E-state index contributed by atoms with van der Waals surface area (Å²) in [6.45, 7) is 8.63. The van der Waals surface area contributed by atoms with E-state index in [2.05, 4.69) is 5.32 Å². The summed E-state index contributed by atoms with van der Waals surface area (Å²) in [7, 11) is -1.36. The quantitative estimate of drug-likeness (QED) is 0.339. The molecule has 0 aliphatic rings. The monoisotopic (exact) mass is 581 g/mol. The molecule has 0 spiro atoms. The molecule has 1 unspecified atom stereocenters. The maximum atomic E-state index is 14.1. The second-order valence-electron chi connectivity index (χ2n) is 10.1. The van der Waals surface area contributed by atoms with Crippen LogP contribution in [0.3, 0.4) is 0 Å². The molecule has 10 heteroatoms. The lowest BCUT2D eigenvalue weighted by molar-refractivity contribution is -0.139. The van der Waals surface area contributed by atoms with Gasteiger partial charge in [-0.3, -0.25) is 13.9 Å². The maximum absolute atomic E-state index is 14.1. The van der Waals surface area contributed by atoms with E-state index in [4.69, 9.17) is 9.47 Å². The number of hydrogen-bond donors (Lipinski definition) is 1. The second-order valence-corrected chi connectivity index (χ2v) is 12.0. The van der Waals surface area contributed by atoms with Crippen LogP contribution in [0.2, 0.25) is 0 Å². The van der Waals surface area contributed by atoms with Crippen molar-refractivity contribution in [1.29, 1.82) is 0 Å². The number of benzene rings is 3. The van der Waals surface area contributed by atoms with Gasteiger partial charge in [0.1, 0.15) is 24.1 Å². The average molecular weight is 582 g/mol. The predicted octanol–water partition coefficient (Wildman–Crippen LogP) is 4.46. The van der Waals surface area contributed by atoms with Crippen LogP contribution in [0.5, 0.6) is 11.5 Å². The van der Waals surface area contributed by atoms with Gasteiger partial charge in [0.05, 0.1) is 24.8 Å². The van der Waals surface area contributed by atoms with E-state index in [1.807, 2.05) is 52.0 Å². The highest BCUT2D eigenvalue weighted by atomic mass is 32.2. The summed E-state index contributed by atoms with van der Waals surface area (Å²) in [4.78, 5) is 28.6. The van der Waals surface area contributed by atoms with Crippen LogP contribution < -0.4 is 19.1 Å². The fourth-order valence-electron chi connectivity index (χ4n) is 4.30. The van der Waals surface area contributed by atoms with Gasteiger partial charge in [0.25, 0.3) is 10.0 Å². The molecule has 0 aliphatic heterocycles. The molecule has 41 heavy (non-hydrogen) atoms. The topological polar surface area (TPSA) is 105 Å². The highest BCUT2D eigenvalue weighted by Crippen LogP contribution is 2.36. The smallest absolute Gasteiger partial charge is 0.264 e. The molecule has 0 heterocycles. The van der Waals surface area contributed by atoms with Crippen molar-refractivity contribution in [2.24, 2.45) is 0 Å². The van der Waals surface area contributed by atoms with Gasteiger partial charge in [-0.15, -0.1) is 0 Å². The number of nitrogens with one attached hydrogen (secondary N) is 1. The average Bonchev–Trinajstić information content (AvgIpc) is 2.94. The summed E-state index contributed by atoms with van der Waals surface area (Å²) < 4.78 is 40.1. The van der Waals surface area contributed by atoms with Crippen LogP contribution in [0.15, 0.2) is 71.6 Å². The lowest BCUT2D eigenvalue weighted by Gasteiger charge is -2.33. The Bertz CT molecular complexity index is 1470. The number of carbonyl (C=O) groups is 2. The molecule has 2 amide bonds. The Hall–Kier alpha value is -4.05. The number of carbonyl (C=O) groups excluding carboxylic acids is 2. The Morgan fingerprint density at radius 1 is 0.902 bits per heavy atom. The Kier molecular flexibility index (Phi) is 10.4. The number of hydrogen-bond acceptors (Lipinski definition) is 6. The largest absolute Gasteiger partial charge is 0.497 e. The Balaban J connectivity index is 2.14. The summed E-state index contributed by atoms with van der Waals surface area (Å²) in [5.74, 6) is -0.266. The molecule has 0 aliphatic carbocycles. The van der Waals surface area contributed by atoms with E-state index in [0.717, 1.165) is 21.0 Å². The van der Waals surface area contributed by atoms with E-state index in [9.17, 15) is 18.0 Å². The molecular formula is C31H39N3O6S. The summed E-state index contributed by atoms with van der Waals surface area (Å²) in [6, 6.07) is 17.7. The Morgan fingerprint density at radius 3 is 2.15 bits per heavy atom. The summed E-state index contributed by atoms with van der Waals surface area (Å²) in [5, 5.41) is 2.86. The van der Waals surface area contributed by atoms with Crippen LogP contribution in [0.1, 0.15) is 37.5 Å². The molecule has 0 bridgehead atoms. The molecule has 220 valence electrons. The van der Waals surface area contributed by atoms with E-state index < -0.39 is 28.5 Å². The fraction of sp³-hybridized carbons (Fsp3) is 0.355. The third-order valence-electron chi connectivity index (χ3n) is 6.74. The number of methoxy groups -OCH3 is 2. The van der Waals surface area contributed by atoms with Gasteiger partial charge in [-0.2, -0.15) is 0 Å². The van der Waals surface area contributed by atoms with Crippen molar-refractivity contribution < 1.29 is 27.5 Å². The molecule has 0 radical (unpaired) electrons. The van der Waals surface area contributed by atoms with E-state index in [1.165, 1.54) is 37.3 Å². The molecule has 0 saturated carbocycles. The number of sulfonamides is 1. The minimum Gasteiger partial charge on any atom is -0.497 e. The third kappa shape index (κ3) is 7.58. The van der Waals surface area contributed by atoms with E-state index in [0.29, 0.717) is 5.75 Å². The van der Waals surface area contributed by atoms with Gasteiger partial charge in [-0.25, -0.2) is 8.42 Å². The van der Waals surface area contributed by atoms with Gasteiger partial charge in [0.15, 0.2) is 0 Å². The summed E-state index contributed by atoms with van der Waals surface area (Å²) in [5.41, 5.74) is 2.81. The normalized spacial score (nSPS) is 12.0. The zero-order valence-corrected chi connectivity index (χ0v) is 25.5. The number of anilines is 1. The minimum atomic E-state index is -4.25. The molecule has 1 atom stereocenters. The van der Waals surface area contributed by atoms with Gasteiger partial charge in [-0.1, -0.05) is 42.0 Å². The Morgan fingerprint density at radius 2 is 1.56 bits per heavy atom. The van der Waals surface area contributed by atoms with Crippen LogP contribution in [-0.2, 0) is 26.2 Å². The van der Waals surface area contributed by atoms with Crippen molar-refractivity contribution in [3.05, 3.63) is 83.4 Å². The first kappa shape index (κ1) is 31.5. The highest BCUT2D eigenvalue weighted by Gasteiger charge is 2.34. The van der Waals surface area contributed by atoms with Crippen molar-refractivity contribution in [2.75, 3.05) is 25.1 Å². The Labute approximate surface area is 243 Å². The number of ether oxygens (including phenoxy) is 2. The van der Waals surface area contributed by atoms with Gasteiger partial charge in [0.2, 0.25) is 11.8 Å². The van der Waals surface area contributed by atoms with E-state index in [-0.39, 0.29) is 34.8 Å². The molecule has 1 N–H and O–H groups in total. The lowest BCUT2D eigenvalue weighted by Crippen LogP contribution is -2.52. The second kappa shape index (κ2) is 13.5. The minimum absolute atomic E-state index is 0.0110. The van der Waals surface area contributed by atoms with E-state index in [1.54, 1.807) is 31.2 Å². The fourth-order valence-corrected chi connectivity index (χ4v) is 5.72. The van der Waals surface area contributed by atoms with Gasteiger partial charge in [-0.05, 0) is 70.0 Å². The van der Waals surface area contributed by atoms with Gasteiger partial charge in [0, 0.05) is 18.7 Å². The van der Waals surface area contributed by atoms with Gasteiger partial charge >= 0.3 is 0 Å². The molecule has 0 saturated heterocycles. The number of amides is 2. The first-order valence-corrected chi connectivity index (χ1v) is 14.8. The molecule has 0 fully saturated rings. The van der Waals surface area contributed by atoms with E-state index >= 15 is 0 Å². The van der Waals surface area contributed by atoms with Crippen LogP contribution in [-0.4, -0.2) is 58.0 Å². The van der Waals surface area contributed by atoms with Crippen molar-refractivity contribution in [2.45, 2.75) is 58.1 Å². The molecule has 0 aromatic heterocycles. The zero-order chi connectivity index (χ0) is 30.3. The molecule has 3 aromatic rings. The standard InChI is InChI=1S/C31H39N3O6S/c1-21(2)32-31(36)24(5)33(19-25-11-9-8-10-23(25)4)30(35)20-34(28-18-26(39-6)14-17-29(28)40-7)41(37,38)27-15-12-22(3)13-16-27/h8-18,21,24H,19-20H2,1-7H3,(H,32,36). The predicted molar refractivity (Wildman–Crippen MR) is 160 cm³/mol. The van der Waals surface area contributed by atoms with Crippen LogP contribution in [0, 0.1) is 13.8 Å². The highest BCUT2D eigenvalue weighted by molar-refractivity contribution is 7.92. The first-order chi connectivity index (χ1) is 19.4. The maximum Gasteiger partial charge on any atom is 0.264 e. The number of aryl methyl sites for hydroxylation is 2. The number of nitrogens with zero attached hydrogens (tertiary/aromatic N) is 2. The summed E-state index contributed by atoms with van der Waals surface area (Å²) >= 11 is 0. The molecule has 3 rings (SSSR count). The molecule has 3 aromatic carbocycles. The van der Waals surface area contributed by atoms with Crippen molar-refractivity contribution in [1.82, 2.24) is 10.2 Å². The van der Waals surface area contributed by atoms with Crippen molar-refractivity contribution in [3.8, 4) is 11.5 Å². The lowest BCUT2D eigenvalue weighted by atomic mass is 10.1. The molecular weight excluding hydrogens is 542 g/mol. The van der Waals surface area contributed by atoms with Crippen molar-refractivity contribution in [3.63, 3.8) is 0 Å². The SMILES string of the molecule is COc1ccc(OC)c(N(CC(=O)N(Cc2ccccc2C)C(C)C(=O)NC(C)C)S(=O)(=O)c2ccc(C)cc2)c1. The first-order valence-electron chi connectivity index (χ1n) is 13.3. The summed E-state index contributed by atoms with van der Waals surface area (Å²) in [6.07, 6.45) is 0. The molecule has 9 nitrogen and oxygen atoms in total. The van der Waals surface area contributed by atoms with Gasteiger partial charge < -0.3 is 19.7 Å². The third-order valence-corrected chi connectivity index (χ3v) is 8.52. The van der Waals surface area contributed by atoms with Crippen LogP contribution >= 0.6 is 0 Å². The number of rotatable bonds is 12. The van der Waals surface area contributed by atoms with Crippen LogP contribution in [0.25, 0.3) is 0 Å². The zero-order valence-electron chi connectivity index (χ0n) is 24.7.